The molecule has 110 valence electrons. The number of carbonyl (C=O) groups excluding carboxylic acids is 1. The van der Waals surface area contributed by atoms with E-state index in [0.29, 0.717) is 19.4 Å². The van der Waals surface area contributed by atoms with Crippen molar-refractivity contribution in [3.8, 4) is 0 Å². The van der Waals surface area contributed by atoms with Gasteiger partial charge in [0.1, 0.15) is 5.01 Å². The Morgan fingerprint density at radius 1 is 1.40 bits per heavy atom. The SMILES string of the molecule is CCc1cnc(CNC(=O)[C@@H]2CCCC[C@@H]2C(=O)O)s1. The third kappa shape index (κ3) is 3.56. The third-order valence-electron chi connectivity index (χ3n) is 3.78. The van der Waals surface area contributed by atoms with Crippen LogP contribution in [-0.4, -0.2) is 22.0 Å². The highest BCUT2D eigenvalue weighted by Crippen LogP contribution is 2.30. The summed E-state index contributed by atoms with van der Waals surface area (Å²) in [6, 6.07) is 0. The Balaban J connectivity index is 1.91. The van der Waals surface area contributed by atoms with Gasteiger partial charge in [-0.2, -0.15) is 0 Å². The summed E-state index contributed by atoms with van der Waals surface area (Å²) in [7, 11) is 0. The lowest BCUT2D eigenvalue weighted by molar-refractivity contribution is -0.148. The number of rotatable bonds is 5. The Hall–Kier alpha value is -1.43. The Morgan fingerprint density at radius 2 is 2.10 bits per heavy atom. The lowest BCUT2D eigenvalue weighted by atomic mass is 9.79. The highest BCUT2D eigenvalue weighted by molar-refractivity contribution is 7.11. The molecule has 1 heterocycles. The lowest BCUT2D eigenvalue weighted by Crippen LogP contribution is -2.39. The van der Waals surface area contributed by atoms with Crippen molar-refractivity contribution < 1.29 is 14.7 Å². The predicted octanol–water partition coefficient (Wildman–Crippen LogP) is 2.21. The number of amides is 1. The average Bonchev–Trinajstić information content (AvgIpc) is 2.92. The van der Waals surface area contributed by atoms with E-state index in [1.807, 2.05) is 6.20 Å². The van der Waals surface area contributed by atoms with E-state index in [1.54, 1.807) is 11.3 Å². The summed E-state index contributed by atoms with van der Waals surface area (Å²) < 4.78 is 0. The average molecular weight is 296 g/mol. The molecule has 1 saturated carbocycles. The van der Waals surface area contributed by atoms with Crippen molar-refractivity contribution in [1.82, 2.24) is 10.3 Å². The van der Waals surface area contributed by atoms with Crippen LogP contribution in [0.1, 0.15) is 42.5 Å². The maximum Gasteiger partial charge on any atom is 0.307 e. The summed E-state index contributed by atoms with van der Waals surface area (Å²) >= 11 is 1.59. The zero-order valence-corrected chi connectivity index (χ0v) is 12.4. The summed E-state index contributed by atoms with van der Waals surface area (Å²) in [5.74, 6) is -1.93. The largest absolute Gasteiger partial charge is 0.481 e. The van der Waals surface area contributed by atoms with Crippen LogP contribution in [0.3, 0.4) is 0 Å². The van der Waals surface area contributed by atoms with Crippen molar-refractivity contribution in [3.05, 3.63) is 16.1 Å². The van der Waals surface area contributed by atoms with Gasteiger partial charge in [0, 0.05) is 11.1 Å². The van der Waals surface area contributed by atoms with Crippen LogP contribution in [0.2, 0.25) is 0 Å². The normalized spacial score (nSPS) is 22.4. The Labute approximate surface area is 122 Å². The van der Waals surface area contributed by atoms with Crippen molar-refractivity contribution in [2.45, 2.75) is 45.6 Å². The number of aliphatic carboxylic acids is 1. The van der Waals surface area contributed by atoms with Gasteiger partial charge in [-0.05, 0) is 19.3 Å². The molecule has 6 heteroatoms. The number of nitrogens with zero attached hydrogens (tertiary/aromatic N) is 1. The van der Waals surface area contributed by atoms with Gasteiger partial charge in [0.15, 0.2) is 0 Å². The van der Waals surface area contributed by atoms with Gasteiger partial charge in [0.25, 0.3) is 0 Å². The standard InChI is InChI=1S/C14H20N2O3S/c1-2-9-7-15-12(20-9)8-16-13(17)10-5-3-4-6-11(10)14(18)19/h7,10-11H,2-6,8H2,1H3,(H,16,17)(H,18,19)/t10-,11+/m1/s1. The minimum atomic E-state index is -0.854. The van der Waals surface area contributed by atoms with Crippen molar-refractivity contribution in [2.24, 2.45) is 11.8 Å². The van der Waals surface area contributed by atoms with E-state index >= 15 is 0 Å². The third-order valence-corrected chi connectivity index (χ3v) is 4.93. The second-order valence-corrected chi connectivity index (χ2v) is 6.33. The molecule has 2 rings (SSSR count). The zero-order valence-electron chi connectivity index (χ0n) is 11.6. The van der Waals surface area contributed by atoms with E-state index in [2.05, 4.69) is 17.2 Å². The molecule has 1 aromatic rings. The number of hydrogen-bond donors (Lipinski definition) is 2. The van der Waals surface area contributed by atoms with E-state index in [0.717, 1.165) is 24.3 Å². The van der Waals surface area contributed by atoms with E-state index in [1.165, 1.54) is 4.88 Å². The fraction of sp³-hybridized carbons (Fsp3) is 0.643. The van der Waals surface area contributed by atoms with Gasteiger partial charge in [-0.15, -0.1) is 11.3 Å². The summed E-state index contributed by atoms with van der Waals surface area (Å²) in [5, 5.41) is 12.9. The molecule has 5 nitrogen and oxygen atoms in total. The topological polar surface area (TPSA) is 79.3 Å². The molecule has 0 unspecified atom stereocenters. The van der Waals surface area contributed by atoms with Crippen LogP contribution < -0.4 is 5.32 Å². The van der Waals surface area contributed by atoms with Crippen molar-refractivity contribution in [1.29, 1.82) is 0 Å². The molecule has 0 bridgehead atoms. The molecule has 0 aliphatic heterocycles. The lowest BCUT2D eigenvalue weighted by Gasteiger charge is -2.27. The second kappa shape index (κ2) is 6.83. The molecule has 20 heavy (non-hydrogen) atoms. The van der Waals surface area contributed by atoms with E-state index in [9.17, 15) is 14.7 Å². The maximum atomic E-state index is 12.2. The maximum absolute atomic E-state index is 12.2. The molecule has 1 aliphatic rings. The summed E-state index contributed by atoms with van der Waals surface area (Å²) in [5.41, 5.74) is 0. The van der Waals surface area contributed by atoms with E-state index in [4.69, 9.17) is 0 Å². The molecule has 1 fully saturated rings. The predicted molar refractivity (Wildman–Crippen MR) is 76.4 cm³/mol. The van der Waals surface area contributed by atoms with E-state index < -0.39 is 17.8 Å². The first-order valence-corrected chi connectivity index (χ1v) is 7.87. The number of thiazole rings is 1. The molecule has 0 saturated heterocycles. The molecule has 0 aromatic carbocycles. The number of aromatic nitrogens is 1. The number of hydrogen-bond acceptors (Lipinski definition) is 4. The fourth-order valence-electron chi connectivity index (χ4n) is 2.63. The number of nitrogens with one attached hydrogen (secondary N) is 1. The first-order valence-electron chi connectivity index (χ1n) is 7.06. The number of carbonyl (C=O) groups is 2. The van der Waals surface area contributed by atoms with Crippen molar-refractivity contribution in [2.75, 3.05) is 0 Å². The monoisotopic (exact) mass is 296 g/mol. The van der Waals surface area contributed by atoms with Gasteiger partial charge < -0.3 is 10.4 Å². The second-order valence-electron chi connectivity index (χ2n) is 5.13. The Bertz CT molecular complexity index is 487. The highest BCUT2D eigenvalue weighted by atomic mass is 32.1. The van der Waals surface area contributed by atoms with Crippen LogP contribution in [-0.2, 0) is 22.6 Å². The minimum Gasteiger partial charge on any atom is -0.481 e. The van der Waals surface area contributed by atoms with E-state index in [-0.39, 0.29) is 5.91 Å². The molecular weight excluding hydrogens is 276 g/mol. The molecule has 1 aliphatic carbocycles. The number of aryl methyl sites for hydroxylation is 1. The summed E-state index contributed by atoms with van der Waals surface area (Å²) in [6.45, 7) is 2.46. The van der Waals surface area contributed by atoms with Crippen molar-refractivity contribution >= 4 is 23.2 Å². The quantitative estimate of drug-likeness (QED) is 0.873. The van der Waals surface area contributed by atoms with Crippen molar-refractivity contribution in [3.63, 3.8) is 0 Å². The smallest absolute Gasteiger partial charge is 0.307 e. The summed E-state index contributed by atoms with van der Waals surface area (Å²) in [4.78, 5) is 28.8. The van der Waals surface area contributed by atoms with Crippen LogP contribution >= 0.6 is 11.3 Å². The first kappa shape index (κ1) is 15.0. The van der Waals surface area contributed by atoms with Gasteiger partial charge in [-0.25, -0.2) is 4.98 Å². The molecule has 2 N–H and O–H groups in total. The molecule has 1 amide bonds. The van der Waals surface area contributed by atoms with Crippen LogP contribution in [0.25, 0.3) is 0 Å². The molecule has 2 atom stereocenters. The van der Waals surface area contributed by atoms with Gasteiger partial charge >= 0.3 is 5.97 Å². The molecule has 0 radical (unpaired) electrons. The zero-order chi connectivity index (χ0) is 14.5. The number of carboxylic acids is 1. The molecule has 1 aromatic heterocycles. The minimum absolute atomic E-state index is 0.148. The molecular formula is C14H20N2O3S. The fourth-order valence-corrected chi connectivity index (χ4v) is 3.43. The Kier molecular flexibility index (Phi) is 5.11. The van der Waals surface area contributed by atoms with Gasteiger partial charge in [0.05, 0.1) is 18.4 Å². The van der Waals surface area contributed by atoms with Crippen LogP contribution in [0.5, 0.6) is 0 Å². The van der Waals surface area contributed by atoms with Gasteiger partial charge in [-0.1, -0.05) is 19.8 Å². The number of carboxylic acid groups (broad SMARTS) is 1. The molecule has 0 spiro atoms. The van der Waals surface area contributed by atoms with Crippen LogP contribution in [0, 0.1) is 11.8 Å². The van der Waals surface area contributed by atoms with Gasteiger partial charge in [-0.3, -0.25) is 9.59 Å². The summed E-state index contributed by atoms with van der Waals surface area (Å²) in [6.07, 6.45) is 5.86. The van der Waals surface area contributed by atoms with Gasteiger partial charge in [0.2, 0.25) is 5.91 Å². The Morgan fingerprint density at radius 3 is 2.70 bits per heavy atom. The first-order chi connectivity index (χ1) is 9.61. The highest BCUT2D eigenvalue weighted by Gasteiger charge is 2.35. The van der Waals surface area contributed by atoms with Crippen LogP contribution in [0.4, 0.5) is 0 Å². The van der Waals surface area contributed by atoms with Crippen LogP contribution in [0.15, 0.2) is 6.20 Å².